The molecule has 2 aromatic heterocycles. The molecule has 7 nitrogen and oxygen atoms in total. The third kappa shape index (κ3) is 5.92. The average molecular weight is 636 g/mol. The zero-order valence-corrected chi connectivity index (χ0v) is 29.7. The topological polar surface area (TPSA) is 71.3 Å². The first-order chi connectivity index (χ1) is 18.5. The maximum absolute atomic E-state index is 16.8. The van der Waals surface area contributed by atoms with Crippen LogP contribution in [0.5, 0.6) is 0 Å². The van der Waals surface area contributed by atoms with Crippen LogP contribution in [0.25, 0.3) is 11.2 Å². The van der Waals surface area contributed by atoms with E-state index in [1.807, 2.05) is 0 Å². The van der Waals surface area contributed by atoms with Crippen LogP contribution in [-0.4, -0.2) is 61.1 Å². The van der Waals surface area contributed by atoms with Gasteiger partial charge in [-0.3, -0.25) is 4.57 Å². The summed E-state index contributed by atoms with van der Waals surface area (Å²) in [6.45, 7) is 27.0. The molecule has 2 aromatic rings. The van der Waals surface area contributed by atoms with Crippen LogP contribution in [-0.2, 0) is 13.6 Å². The first kappa shape index (κ1) is 33.9. The molecule has 0 amide bonds. The van der Waals surface area contributed by atoms with E-state index < -0.39 is 41.2 Å². The molecule has 0 N–H and O–H groups in total. The first-order valence-electron chi connectivity index (χ1n) is 14.7. The summed E-state index contributed by atoms with van der Waals surface area (Å²) in [5.74, 6) is 0. The summed E-state index contributed by atoms with van der Waals surface area (Å²) in [6, 6.07) is 0. The van der Waals surface area contributed by atoms with Crippen LogP contribution in [0.2, 0.25) is 43.7 Å². The first-order valence-corrected chi connectivity index (χ1v) is 19.7. The Morgan fingerprint density at radius 2 is 1.35 bits per heavy atom. The van der Waals surface area contributed by atoms with Gasteiger partial charge in [-0.25, -0.2) is 14.4 Å². The van der Waals surface area contributed by atoms with E-state index >= 15 is 4.39 Å². The normalized spacial score (nSPS) is 22.9. The number of fused-ring (bicyclic) bond motifs is 1. The number of hydrogen-bond donors (Lipinski definition) is 0. The van der Waals surface area contributed by atoms with Gasteiger partial charge in [0.15, 0.2) is 31.5 Å². The van der Waals surface area contributed by atoms with Gasteiger partial charge < -0.3 is 13.6 Å². The van der Waals surface area contributed by atoms with Gasteiger partial charge in [0.05, 0.1) is 12.9 Å². The van der Waals surface area contributed by atoms with Gasteiger partial charge in [-0.1, -0.05) is 94.7 Å². The number of alkyl halides is 1. The SMILES string of the molecule is CC(C)[Si](OC[C@H]1O[C@@H](n2cnc3c(Cl)nc(Cl)nc32)[C@@H](F)[C@@H]1O[Si](C(C)C)(C(C)C)C(C)C)(C(C)C)C(C)C. The summed E-state index contributed by atoms with van der Waals surface area (Å²) in [6.07, 6.45) is -2.40. The molecule has 0 aliphatic carbocycles. The summed E-state index contributed by atoms with van der Waals surface area (Å²) in [5.41, 5.74) is 2.70. The standard InChI is InChI=1S/C28H49Cl2FN4O3Si2/c1-15(2)39(16(3)4,17(5)6)36-13-21-24(38-40(18(7)8,19(9)10)20(11)12)22(31)27(37-21)35-14-32-23-25(29)33-28(30)34-26(23)35/h14-22,24,27H,13H2,1-12H3/t21-,22+,24-,27-/m1/s1. The fraction of sp³-hybridized carbons (Fsp3) is 0.821. The largest absolute Gasteiger partial charge is 0.413 e. The van der Waals surface area contributed by atoms with E-state index in [-0.39, 0.29) is 33.7 Å². The molecule has 1 saturated heterocycles. The second-order valence-electron chi connectivity index (χ2n) is 13.1. The lowest BCUT2D eigenvalue weighted by molar-refractivity contribution is -0.0429. The summed E-state index contributed by atoms with van der Waals surface area (Å²) in [4.78, 5) is 12.6. The van der Waals surface area contributed by atoms with Crippen molar-refractivity contribution < 1.29 is 18.0 Å². The zero-order chi connectivity index (χ0) is 30.3. The third-order valence-corrected chi connectivity index (χ3v) is 21.8. The van der Waals surface area contributed by atoms with E-state index in [9.17, 15) is 0 Å². The van der Waals surface area contributed by atoms with Crippen LogP contribution < -0.4 is 0 Å². The lowest BCUT2D eigenvalue weighted by atomic mass is 10.1. The van der Waals surface area contributed by atoms with Crippen molar-refractivity contribution in [1.29, 1.82) is 0 Å². The van der Waals surface area contributed by atoms with Gasteiger partial charge in [0, 0.05) is 0 Å². The molecule has 0 spiro atoms. The fourth-order valence-electron chi connectivity index (χ4n) is 7.61. The Morgan fingerprint density at radius 3 is 1.82 bits per heavy atom. The number of nitrogens with zero attached hydrogens (tertiary/aromatic N) is 4. The van der Waals surface area contributed by atoms with Crippen LogP contribution in [0.1, 0.15) is 89.3 Å². The van der Waals surface area contributed by atoms with Crippen molar-refractivity contribution in [2.24, 2.45) is 0 Å². The highest BCUT2D eigenvalue weighted by Gasteiger charge is 2.55. The van der Waals surface area contributed by atoms with Crippen molar-refractivity contribution in [3.05, 3.63) is 16.8 Å². The van der Waals surface area contributed by atoms with Crippen LogP contribution in [0.3, 0.4) is 0 Å². The Labute approximate surface area is 252 Å². The number of ether oxygens (including phenoxy) is 1. The van der Waals surface area contributed by atoms with Crippen LogP contribution in [0.15, 0.2) is 6.33 Å². The molecule has 0 saturated carbocycles. The van der Waals surface area contributed by atoms with Gasteiger partial charge in [0.1, 0.15) is 17.7 Å². The van der Waals surface area contributed by atoms with E-state index in [1.165, 1.54) is 6.33 Å². The molecular formula is C28H49Cl2FN4O3Si2. The van der Waals surface area contributed by atoms with E-state index in [1.54, 1.807) is 4.57 Å². The Morgan fingerprint density at radius 1 is 0.850 bits per heavy atom. The van der Waals surface area contributed by atoms with Crippen LogP contribution in [0.4, 0.5) is 4.39 Å². The number of imidazole rings is 1. The minimum Gasteiger partial charge on any atom is -0.413 e. The highest BCUT2D eigenvalue weighted by atomic mass is 35.5. The monoisotopic (exact) mass is 634 g/mol. The molecule has 3 heterocycles. The van der Waals surface area contributed by atoms with Crippen LogP contribution >= 0.6 is 23.2 Å². The van der Waals surface area contributed by atoms with E-state index in [2.05, 4.69) is 98.0 Å². The van der Waals surface area contributed by atoms with Crippen molar-refractivity contribution in [3.63, 3.8) is 0 Å². The third-order valence-electron chi connectivity index (χ3n) is 9.14. The van der Waals surface area contributed by atoms with Crippen LogP contribution in [0, 0.1) is 0 Å². The molecule has 12 heteroatoms. The maximum Gasteiger partial charge on any atom is 0.225 e. The number of halogens is 3. The lowest BCUT2D eigenvalue weighted by Crippen LogP contribution is -2.55. The summed E-state index contributed by atoms with van der Waals surface area (Å²) in [7, 11) is -4.70. The van der Waals surface area contributed by atoms with Gasteiger partial charge in [-0.05, 0) is 44.8 Å². The van der Waals surface area contributed by atoms with Gasteiger partial charge in [0.25, 0.3) is 0 Å². The average Bonchev–Trinajstić information content (AvgIpc) is 3.37. The Bertz CT molecular complexity index is 1100. The molecule has 1 fully saturated rings. The molecule has 3 rings (SSSR count). The number of rotatable bonds is 12. The molecular weight excluding hydrogens is 586 g/mol. The molecule has 1 aliphatic heterocycles. The summed E-state index contributed by atoms with van der Waals surface area (Å²) < 4.78 is 38.9. The molecule has 0 bridgehead atoms. The number of aromatic nitrogens is 4. The minimum atomic E-state index is -2.46. The lowest BCUT2D eigenvalue weighted by Gasteiger charge is -2.46. The van der Waals surface area contributed by atoms with Crippen molar-refractivity contribution in [3.8, 4) is 0 Å². The van der Waals surface area contributed by atoms with E-state index in [4.69, 9.17) is 36.8 Å². The fourth-order valence-corrected chi connectivity index (χ4v) is 19.1. The molecule has 0 radical (unpaired) electrons. The van der Waals surface area contributed by atoms with Gasteiger partial charge in [-0.2, -0.15) is 4.98 Å². The predicted octanol–water partition coefficient (Wildman–Crippen LogP) is 9.12. The molecule has 228 valence electrons. The van der Waals surface area contributed by atoms with E-state index in [0.29, 0.717) is 27.8 Å². The van der Waals surface area contributed by atoms with Crippen molar-refractivity contribution in [2.45, 2.75) is 141 Å². The quantitative estimate of drug-likeness (QED) is 0.132. The second-order valence-corrected chi connectivity index (χ2v) is 24.7. The highest BCUT2D eigenvalue weighted by molar-refractivity contribution is 6.78. The maximum atomic E-state index is 16.8. The molecule has 1 aliphatic rings. The zero-order valence-electron chi connectivity index (χ0n) is 26.2. The Kier molecular flexibility index (Phi) is 11.0. The highest BCUT2D eigenvalue weighted by Crippen LogP contribution is 2.48. The summed E-state index contributed by atoms with van der Waals surface area (Å²) >= 11 is 12.4. The van der Waals surface area contributed by atoms with E-state index in [0.717, 1.165) is 0 Å². The molecule has 0 aromatic carbocycles. The molecule has 0 unspecified atom stereocenters. The van der Waals surface area contributed by atoms with Crippen molar-refractivity contribution in [1.82, 2.24) is 19.5 Å². The Hall–Kier alpha value is -0.626. The Balaban J connectivity index is 2.09. The number of hydrogen-bond acceptors (Lipinski definition) is 6. The smallest absolute Gasteiger partial charge is 0.225 e. The second kappa shape index (κ2) is 12.9. The predicted molar refractivity (Wildman–Crippen MR) is 167 cm³/mol. The van der Waals surface area contributed by atoms with Gasteiger partial charge >= 0.3 is 0 Å². The summed E-state index contributed by atoms with van der Waals surface area (Å²) in [5, 5.41) is 0.0787. The minimum absolute atomic E-state index is 0.0345. The van der Waals surface area contributed by atoms with Crippen molar-refractivity contribution in [2.75, 3.05) is 6.61 Å². The molecule has 40 heavy (non-hydrogen) atoms. The van der Waals surface area contributed by atoms with Gasteiger partial charge in [-0.15, -0.1) is 0 Å². The van der Waals surface area contributed by atoms with Crippen molar-refractivity contribution >= 4 is 51.0 Å². The molecule has 4 atom stereocenters. The van der Waals surface area contributed by atoms with Gasteiger partial charge in [0.2, 0.25) is 13.6 Å².